The minimum Gasteiger partial charge on any atom is -0.494 e. The molecule has 1 unspecified atom stereocenters. The van der Waals surface area contributed by atoms with Crippen molar-refractivity contribution in [2.45, 2.75) is 45.2 Å². The summed E-state index contributed by atoms with van der Waals surface area (Å²) in [6.07, 6.45) is 5.73. The van der Waals surface area contributed by atoms with Crippen LogP contribution in [0.2, 0.25) is 0 Å². The molecule has 1 aromatic rings. The Bertz CT molecular complexity index is 428. The number of nitrogens with one attached hydrogen (secondary N) is 1. The number of nitrogens with zero attached hydrogens (tertiary/aromatic N) is 1. The summed E-state index contributed by atoms with van der Waals surface area (Å²) in [5.74, 6) is 1.66. The van der Waals surface area contributed by atoms with E-state index >= 15 is 0 Å². The molecule has 1 heterocycles. The lowest BCUT2D eigenvalue weighted by Gasteiger charge is -2.20. The van der Waals surface area contributed by atoms with Crippen LogP contribution in [-0.2, 0) is 0 Å². The van der Waals surface area contributed by atoms with Crippen molar-refractivity contribution >= 4 is 5.84 Å². The first kappa shape index (κ1) is 14.9. The summed E-state index contributed by atoms with van der Waals surface area (Å²) in [5.41, 5.74) is 6.91. The highest BCUT2D eigenvalue weighted by atomic mass is 16.5. The number of rotatable bonds is 7. The van der Waals surface area contributed by atoms with Gasteiger partial charge in [0.05, 0.1) is 12.4 Å². The van der Waals surface area contributed by atoms with Crippen molar-refractivity contribution in [2.75, 3.05) is 13.2 Å². The Hall–Kier alpha value is -1.55. The molecule has 4 heteroatoms. The highest BCUT2D eigenvalue weighted by Crippen LogP contribution is 2.20. The van der Waals surface area contributed by atoms with Gasteiger partial charge in [-0.3, -0.25) is 5.32 Å². The van der Waals surface area contributed by atoms with E-state index in [1.165, 1.54) is 19.3 Å². The molecule has 0 radical (unpaired) electrons. The highest BCUT2D eigenvalue weighted by Gasteiger charge is 2.14. The molecule has 3 N–H and O–H groups in total. The van der Waals surface area contributed by atoms with Gasteiger partial charge in [0, 0.05) is 13.0 Å². The van der Waals surface area contributed by atoms with Crippen molar-refractivity contribution in [1.82, 2.24) is 5.32 Å². The van der Waals surface area contributed by atoms with Gasteiger partial charge in [0.1, 0.15) is 11.9 Å². The first-order valence-corrected chi connectivity index (χ1v) is 7.58. The average Bonchev–Trinajstić information content (AvgIpc) is 2.48. The molecule has 1 atom stereocenters. The molecule has 0 bridgehead atoms. The highest BCUT2D eigenvalue weighted by molar-refractivity contribution is 5.81. The average molecular weight is 275 g/mol. The quantitative estimate of drug-likeness (QED) is 0.752. The smallest absolute Gasteiger partial charge is 0.127 e. The number of amidine groups is 1. The molecular weight excluding hydrogens is 250 g/mol. The van der Waals surface area contributed by atoms with Gasteiger partial charge in [-0.15, -0.1) is 0 Å². The molecule has 0 aliphatic carbocycles. The molecule has 110 valence electrons. The molecular formula is C16H25N3O. The van der Waals surface area contributed by atoms with Crippen molar-refractivity contribution in [3.63, 3.8) is 0 Å². The summed E-state index contributed by atoms with van der Waals surface area (Å²) in [7, 11) is 0. The Labute approximate surface area is 121 Å². The third kappa shape index (κ3) is 4.53. The first-order chi connectivity index (χ1) is 9.79. The van der Waals surface area contributed by atoms with Gasteiger partial charge in [-0.1, -0.05) is 38.3 Å². The maximum atomic E-state index is 5.78. The Morgan fingerprint density at radius 1 is 1.25 bits per heavy atom. The largest absolute Gasteiger partial charge is 0.494 e. The normalized spacial score (nSPS) is 18.6. The van der Waals surface area contributed by atoms with E-state index in [9.17, 15) is 0 Å². The van der Waals surface area contributed by atoms with Crippen molar-refractivity contribution in [3.05, 3.63) is 29.8 Å². The second kappa shape index (κ2) is 7.90. The number of hydrogen-bond donors (Lipinski definition) is 2. The van der Waals surface area contributed by atoms with Crippen LogP contribution >= 0.6 is 0 Å². The topological polar surface area (TPSA) is 59.6 Å². The Morgan fingerprint density at radius 2 is 2.05 bits per heavy atom. The third-order valence-electron chi connectivity index (χ3n) is 3.48. The molecule has 1 aliphatic heterocycles. The zero-order valence-corrected chi connectivity index (χ0v) is 12.3. The lowest BCUT2D eigenvalue weighted by Crippen LogP contribution is -2.32. The maximum absolute atomic E-state index is 5.78. The predicted octanol–water partition coefficient (Wildman–Crippen LogP) is 2.99. The second-order valence-corrected chi connectivity index (χ2v) is 5.21. The number of hydrogen-bond acceptors (Lipinski definition) is 4. The Kier molecular flexibility index (Phi) is 5.87. The number of aliphatic imine (C=N–C) groups is 1. The summed E-state index contributed by atoms with van der Waals surface area (Å²) < 4.78 is 5.74. The number of nitrogens with two attached hydrogens (primary N) is 1. The molecule has 20 heavy (non-hydrogen) atoms. The van der Waals surface area contributed by atoms with Crippen LogP contribution in [-0.4, -0.2) is 19.0 Å². The minimum atomic E-state index is -0.0117. The third-order valence-corrected chi connectivity index (χ3v) is 3.48. The number of unbranched alkanes of at least 4 members (excludes halogenated alkanes) is 3. The van der Waals surface area contributed by atoms with E-state index in [2.05, 4.69) is 29.4 Å². The van der Waals surface area contributed by atoms with Gasteiger partial charge in [-0.25, -0.2) is 4.99 Å². The second-order valence-electron chi connectivity index (χ2n) is 5.21. The SMILES string of the molecule is CCCCCCOc1ccc(C2N=C(N)CCN2)cc1. The van der Waals surface area contributed by atoms with E-state index in [1.54, 1.807) is 0 Å². The fraction of sp³-hybridized carbons (Fsp3) is 0.562. The molecule has 0 fully saturated rings. The van der Waals surface area contributed by atoms with E-state index in [1.807, 2.05) is 12.1 Å². The maximum Gasteiger partial charge on any atom is 0.127 e. The van der Waals surface area contributed by atoms with E-state index < -0.39 is 0 Å². The van der Waals surface area contributed by atoms with Crippen molar-refractivity contribution in [3.8, 4) is 5.75 Å². The molecule has 0 spiro atoms. The van der Waals surface area contributed by atoms with E-state index in [0.29, 0.717) is 0 Å². The lowest BCUT2D eigenvalue weighted by molar-refractivity contribution is 0.305. The summed E-state index contributed by atoms with van der Waals surface area (Å²) in [6, 6.07) is 8.14. The van der Waals surface area contributed by atoms with Crippen molar-refractivity contribution in [1.29, 1.82) is 0 Å². The van der Waals surface area contributed by atoms with Crippen LogP contribution in [0.4, 0.5) is 0 Å². The number of ether oxygens (including phenoxy) is 1. The minimum absolute atomic E-state index is 0.0117. The fourth-order valence-electron chi connectivity index (χ4n) is 2.27. The van der Waals surface area contributed by atoms with Gasteiger partial charge in [0.25, 0.3) is 0 Å². The van der Waals surface area contributed by atoms with E-state index in [-0.39, 0.29) is 6.17 Å². The molecule has 0 saturated carbocycles. The Balaban J connectivity index is 1.82. The van der Waals surface area contributed by atoms with Crippen molar-refractivity contribution < 1.29 is 4.74 Å². The summed E-state index contributed by atoms with van der Waals surface area (Å²) in [4.78, 5) is 4.42. The standard InChI is InChI=1S/C16H25N3O/c1-2-3-4-5-12-20-14-8-6-13(7-9-14)16-18-11-10-15(17)19-16/h6-9,16,18H,2-5,10-12H2,1H3,(H2,17,19). The van der Waals surface area contributed by atoms with E-state index in [4.69, 9.17) is 10.5 Å². The molecule has 0 amide bonds. The van der Waals surface area contributed by atoms with Gasteiger partial charge in [0.2, 0.25) is 0 Å². The van der Waals surface area contributed by atoms with Gasteiger partial charge < -0.3 is 10.5 Å². The molecule has 1 aromatic carbocycles. The fourth-order valence-corrected chi connectivity index (χ4v) is 2.27. The van der Waals surface area contributed by atoms with Crippen LogP contribution < -0.4 is 15.8 Å². The lowest BCUT2D eigenvalue weighted by atomic mass is 10.1. The molecule has 4 nitrogen and oxygen atoms in total. The zero-order chi connectivity index (χ0) is 14.2. The van der Waals surface area contributed by atoms with Crippen LogP contribution in [0.3, 0.4) is 0 Å². The van der Waals surface area contributed by atoms with E-state index in [0.717, 1.165) is 43.1 Å². The van der Waals surface area contributed by atoms with Gasteiger partial charge in [-0.05, 0) is 24.1 Å². The summed E-state index contributed by atoms with van der Waals surface area (Å²) in [5, 5.41) is 3.34. The van der Waals surface area contributed by atoms with Crippen LogP contribution in [0.1, 0.15) is 50.8 Å². The predicted molar refractivity (Wildman–Crippen MR) is 83.1 cm³/mol. The van der Waals surface area contributed by atoms with Gasteiger partial charge >= 0.3 is 0 Å². The Morgan fingerprint density at radius 3 is 2.75 bits per heavy atom. The molecule has 1 aliphatic rings. The first-order valence-electron chi connectivity index (χ1n) is 7.58. The summed E-state index contributed by atoms with van der Waals surface area (Å²) in [6.45, 7) is 3.90. The summed E-state index contributed by atoms with van der Waals surface area (Å²) >= 11 is 0. The molecule has 0 aromatic heterocycles. The van der Waals surface area contributed by atoms with Crippen LogP contribution in [0, 0.1) is 0 Å². The van der Waals surface area contributed by atoms with Crippen LogP contribution in [0.15, 0.2) is 29.3 Å². The monoisotopic (exact) mass is 275 g/mol. The van der Waals surface area contributed by atoms with Crippen LogP contribution in [0.25, 0.3) is 0 Å². The van der Waals surface area contributed by atoms with Crippen molar-refractivity contribution in [2.24, 2.45) is 10.7 Å². The van der Waals surface area contributed by atoms with Gasteiger partial charge in [0.15, 0.2) is 0 Å². The molecule has 2 rings (SSSR count). The molecule has 0 saturated heterocycles. The van der Waals surface area contributed by atoms with Crippen LogP contribution in [0.5, 0.6) is 5.75 Å². The number of benzene rings is 1. The zero-order valence-electron chi connectivity index (χ0n) is 12.3. The van der Waals surface area contributed by atoms with Gasteiger partial charge in [-0.2, -0.15) is 0 Å².